The maximum absolute atomic E-state index is 12.0. The molecule has 0 aliphatic heterocycles. The molecular formula is C16H21N3O2. The van der Waals surface area contributed by atoms with Gasteiger partial charge in [-0.3, -0.25) is 4.79 Å². The Kier molecular flexibility index (Phi) is 5.37. The molecule has 0 aliphatic carbocycles. The third kappa shape index (κ3) is 4.95. The van der Waals surface area contributed by atoms with Crippen LogP contribution in [0.1, 0.15) is 29.9 Å². The lowest BCUT2D eigenvalue weighted by molar-refractivity contribution is 0.0954. The van der Waals surface area contributed by atoms with Crippen molar-refractivity contribution in [2.75, 3.05) is 13.2 Å². The van der Waals surface area contributed by atoms with E-state index in [2.05, 4.69) is 29.1 Å². The molecule has 1 amide bonds. The summed E-state index contributed by atoms with van der Waals surface area (Å²) in [6.45, 7) is 5.45. The number of benzene rings is 1. The first-order valence-corrected chi connectivity index (χ1v) is 7.13. The predicted octanol–water partition coefficient (Wildman–Crippen LogP) is 2.42. The van der Waals surface area contributed by atoms with Gasteiger partial charge in [-0.15, -0.1) is 0 Å². The van der Waals surface area contributed by atoms with E-state index in [1.54, 1.807) is 24.7 Å². The molecule has 0 bridgehead atoms. The fourth-order valence-electron chi connectivity index (χ4n) is 1.80. The fraction of sp³-hybridized carbons (Fsp3) is 0.375. The van der Waals surface area contributed by atoms with Crippen molar-refractivity contribution in [1.82, 2.24) is 15.3 Å². The quantitative estimate of drug-likeness (QED) is 0.822. The van der Waals surface area contributed by atoms with Crippen molar-refractivity contribution in [1.29, 1.82) is 0 Å². The lowest BCUT2D eigenvalue weighted by Gasteiger charge is -2.09. The lowest BCUT2D eigenvalue weighted by Crippen LogP contribution is -2.25. The summed E-state index contributed by atoms with van der Waals surface area (Å²) in [5, 5.41) is 2.88. The number of H-pyrrole nitrogens is 1. The minimum absolute atomic E-state index is 0.0788. The van der Waals surface area contributed by atoms with Gasteiger partial charge < -0.3 is 15.0 Å². The molecule has 5 nitrogen and oxygen atoms in total. The average molecular weight is 287 g/mol. The number of hydrogen-bond donors (Lipinski definition) is 2. The molecule has 0 atom stereocenters. The molecule has 0 saturated heterocycles. The third-order valence-electron chi connectivity index (χ3n) is 2.93. The summed E-state index contributed by atoms with van der Waals surface area (Å²) in [5.74, 6) is 1.19. The van der Waals surface area contributed by atoms with Crippen LogP contribution in [0.4, 0.5) is 0 Å². The Hall–Kier alpha value is -2.30. The van der Waals surface area contributed by atoms with Gasteiger partial charge in [0.2, 0.25) is 0 Å². The number of ether oxygens (including phenoxy) is 1. The van der Waals surface area contributed by atoms with Gasteiger partial charge in [0.05, 0.1) is 12.9 Å². The summed E-state index contributed by atoms with van der Waals surface area (Å²) in [7, 11) is 0. The second-order valence-electron chi connectivity index (χ2n) is 5.31. The normalized spacial score (nSPS) is 10.6. The van der Waals surface area contributed by atoms with E-state index >= 15 is 0 Å². The molecule has 1 aromatic carbocycles. The van der Waals surface area contributed by atoms with Gasteiger partial charge in [-0.2, -0.15) is 0 Å². The monoisotopic (exact) mass is 287 g/mol. The van der Waals surface area contributed by atoms with Crippen molar-refractivity contribution in [2.45, 2.75) is 20.3 Å². The van der Waals surface area contributed by atoms with E-state index in [0.29, 0.717) is 24.6 Å². The van der Waals surface area contributed by atoms with Crippen molar-refractivity contribution >= 4 is 5.91 Å². The highest BCUT2D eigenvalue weighted by atomic mass is 16.5. The van der Waals surface area contributed by atoms with Crippen LogP contribution in [0.25, 0.3) is 0 Å². The molecule has 1 heterocycles. The zero-order valence-electron chi connectivity index (χ0n) is 12.4. The molecule has 5 heteroatoms. The second-order valence-corrected chi connectivity index (χ2v) is 5.31. The minimum Gasteiger partial charge on any atom is -0.493 e. The van der Waals surface area contributed by atoms with Crippen molar-refractivity contribution in [3.8, 4) is 5.75 Å². The Morgan fingerprint density at radius 1 is 1.33 bits per heavy atom. The van der Waals surface area contributed by atoms with E-state index in [-0.39, 0.29) is 5.91 Å². The number of amides is 1. The third-order valence-corrected chi connectivity index (χ3v) is 2.93. The molecule has 21 heavy (non-hydrogen) atoms. The van der Waals surface area contributed by atoms with Crippen LogP contribution in [0, 0.1) is 5.92 Å². The van der Waals surface area contributed by atoms with Crippen LogP contribution in [0.3, 0.4) is 0 Å². The summed E-state index contributed by atoms with van der Waals surface area (Å²) >= 11 is 0. The molecule has 112 valence electrons. The number of nitrogens with one attached hydrogen (secondary N) is 2. The maximum Gasteiger partial charge on any atom is 0.251 e. The number of aromatic nitrogens is 2. The van der Waals surface area contributed by atoms with E-state index in [9.17, 15) is 4.79 Å². The molecule has 0 saturated carbocycles. The van der Waals surface area contributed by atoms with Crippen LogP contribution in [0.2, 0.25) is 0 Å². The SMILES string of the molecule is CC(C)COc1ccc(C(=O)NCCc2cnc[nH]2)cc1. The number of rotatable bonds is 7. The smallest absolute Gasteiger partial charge is 0.251 e. The summed E-state index contributed by atoms with van der Waals surface area (Å²) in [5.41, 5.74) is 1.64. The van der Waals surface area contributed by atoms with Gasteiger partial charge in [0.1, 0.15) is 5.75 Å². The molecule has 0 unspecified atom stereocenters. The zero-order chi connectivity index (χ0) is 15.1. The molecular weight excluding hydrogens is 266 g/mol. The minimum atomic E-state index is -0.0788. The fourth-order valence-corrected chi connectivity index (χ4v) is 1.80. The number of carbonyl (C=O) groups excluding carboxylic acids is 1. The number of nitrogens with zero attached hydrogens (tertiary/aromatic N) is 1. The van der Waals surface area contributed by atoms with Crippen LogP contribution in [-0.4, -0.2) is 29.0 Å². The van der Waals surface area contributed by atoms with Crippen LogP contribution < -0.4 is 10.1 Å². The number of carbonyl (C=O) groups is 1. The average Bonchev–Trinajstić information content (AvgIpc) is 2.99. The molecule has 2 N–H and O–H groups in total. The Morgan fingerprint density at radius 2 is 2.10 bits per heavy atom. The van der Waals surface area contributed by atoms with E-state index in [4.69, 9.17) is 4.74 Å². The summed E-state index contributed by atoms with van der Waals surface area (Å²) in [6, 6.07) is 7.21. The molecule has 1 aromatic heterocycles. The molecule has 0 aliphatic rings. The summed E-state index contributed by atoms with van der Waals surface area (Å²) < 4.78 is 5.59. The summed E-state index contributed by atoms with van der Waals surface area (Å²) in [4.78, 5) is 18.9. The Bertz CT molecular complexity index is 547. The van der Waals surface area contributed by atoms with Gasteiger partial charge in [0, 0.05) is 30.4 Å². The van der Waals surface area contributed by atoms with Crippen molar-refractivity contribution in [3.05, 3.63) is 48.0 Å². The van der Waals surface area contributed by atoms with Gasteiger partial charge in [0.15, 0.2) is 0 Å². The number of aromatic amines is 1. The highest BCUT2D eigenvalue weighted by molar-refractivity contribution is 5.94. The highest BCUT2D eigenvalue weighted by Gasteiger charge is 2.05. The number of hydrogen-bond acceptors (Lipinski definition) is 3. The standard InChI is InChI=1S/C16H21N3O2/c1-12(2)10-21-15-5-3-13(4-6-15)16(20)18-8-7-14-9-17-11-19-14/h3-6,9,11-12H,7-8,10H2,1-2H3,(H,17,19)(H,18,20). The van der Waals surface area contributed by atoms with Gasteiger partial charge >= 0.3 is 0 Å². The Labute approximate surface area is 124 Å². The van der Waals surface area contributed by atoms with Gasteiger partial charge in [-0.1, -0.05) is 13.8 Å². The van der Waals surface area contributed by atoms with E-state index < -0.39 is 0 Å². The molecule has 0 radical (unpaired) electrons. The molecule has 0 spiro atoms. The zero-order valence-corrected chi connectivity index (χ0v) is 12.4. The topological polar surface area (TPSA) is 67.0 Å². The van der Waals surface area contributed by atoms with E-state index in [1.807, 2.05) is 12.1 Å². The predicted molar refractivity (Wildman–Crippen MR) is 81.4 cm³/mol. The highest BCUT2D eigenvalue weighted by Crippen LogP contribution is 2.13. The maximum atomic E-state index is 12.0. The Morgan fingerprint density at radius 3 is 2.71 bits per heavy atom. The van der Waals surface area contributed by atoms with Gasteiger partial charge in [-0.05, 0) is 30.2 Å². The summed E-state index contributed by atoms with van der Waals surface area (Å²) in [6.07, 6.45) is 4.13. The first-order chi connectivity index (χ1) is 10.1. The molecule has 2 rings (SSSR count). The molecule has 2 aromatic rings. The largest absolute Gasteiger partial charge is 0.493 e. The Balaban J connectivity index is 1.79. The van der Waals surface area contributed by atoms with Crippen LogP contribution >= 0.6 is 0 Å². The van der Waals surface area contributed by atoms with Crippen LogP contribution in [-0.2, 0) is 6.42 Å². The van der Waals surface area contributed by atoms with Gasteiger partial charge in [0.25, 0.3) is 5.91 Å². The van der Waals surface area contributed by atoms with Gasteiger partial charge in [-0.25, -0.2) is 4.98 Å². The first-order valence-electron chi connectivity index (χ1n) is 7.13. The number of imidazole rings is 1. The lowest BCUT2D eigenvalue weighted by atomic mass is 10.2. The van der Waals surface area contributed by atoms with Crippen molar-refractivity contribution < 1.29 is 9.53 Å². The van der Waals surface area contributed by atoms with Crippen molar-refractivity contribution in [3.63, 3.8) is 0 Å². The second kappa shape index (κ2) is 7.47. The first kappa shape index (κ1) is 15.1. The molecule has 0 fully saturated rings. The van der Waals surface area contributed by atoms with E-state index in [0.717, 1.165) is 17.9 Å². The van der Waals surface area contributed by atoms with Crippen LogP contribution in [0.15, 0.2) is 36.8 Å². The van der Waals surface area contributed by atoms with Crippen molar-refractivity contribution in [2.24, 2.45) is 5.92 Å². The van der Waals surface area contributed by atoms with E-state index in [1.165, 1.54) is 0 Å². The van der Waals surface area contributed by atoms with Crippen LogP contribution in [0.5, 0.6) is 5.75 Å².